The highest BCUT2D eigenvalue weighted by molar-refractivity contribution is 9.10. The number of pyridine rings is 1. The van der Waals surface area contributed by atoms with Crippen molar-refractivity contribution in [3.63, 3.8) is 0 Å². The Bertz CT molecular complexity index is 584. The Morgan fingerprint density at radius 3 is 2.67 bits per heavy atom. The maximum atomic E-state index is 10.5. The van der Waals surface area contributed by atoms with E-state index in [9.17, 15) is 10.1 Å². The van der Waals surface area contributed by atoms with E-state index < -0.39 is 4.92 Å². The van der Waals surface area contributed by atoms with Crippen LogP contribution in [0.3, 0.4) is 0 Å². The Morgan fingerprint density at radius 1 is 1.33 bits per heavy atom. The number of hydrogen-bond acceptors (Lipinski definition) is 4. The van der Waals surface area contributed by atoms with Crippen LogP contribution in [0.2, 0.25) is 0 Å². The summed E-state index contributed by atoms with van der Waals surface area (Å²) in [6, 6.07) is 8.80. The molecule has 92 valence electrons. The quantitative estimate of drug-likeness (QED) is 0.691. The minimum absolute atomic E-state index is 0.0208. The van der Waals surface area contributed by atoms with E-state index in [-0.39, 0.29) is 5.69 Å². The fourth-order valence-electron chi connectivity index (χ4n) is 1.44. The monoisotopic (exact) mass is 307 g/mol. The van der Waals surface area contributed by atoms with E-state index in [1.165, 1.54) is 12.3 Å². The van der Waals surface area contributed by atoms with Gasteiger partial charge in [-0.05, 0) is 36.8 Å². The van der Waals surface area contributed by atoms with Crippen LogP contribution in [0.4, 0.5) is 17.2 Å². The van der Waals surface area contributed by atoms with Crippen LogP contribution in [0.25, 0.3) is 0 Å². The molecule has 1 aromatic heterocycles. The van der Waals surface area contributed by atoms with Gasteiger partial charge < -0.3 is 5.32 Å². The molecule has 0 aliphatic heterocycles. The zero-order valence-electron chi connectivity index (χ0n) is 9.55. The molecule has 0 bridgehead atoms. The molecule has 2 rings (SSSR count). The SMILES string of the molecule is Cc1cc(Nc2ccc([N+](=O)[O-])cn2)ccc1Br. The smallest absolute Gasteiger partial charge is 0.287 e. The summed E-state index contributed by atoms with van der Waals surface area (Å²) in [7, 11) is 0. The van der Waals surface area contributed by atoms with Crippen molar-refractivity contribution in [2.45, 2.75) is 6.92 Å². The molecule has 0 saturated carbocycles. The first-order valence-electron chi connectivity index (χ1n) is 5.20. The maximum Gasteiger partial charge on any atom is 0.287 e. The van der Waals surface area contributed by atoms with Gasteiger partial charge in [-0.2, -0.15) is 0 Å². The molecular formula is C12H10BrN3O2. The first kappa shape index (κ1) is 12.5. The van der Waals surface area contributed by atoms with E-state index in [0.717, 1.165) is 15.7 Å². The summed E-state index contributed by atoms with van der Waals surface area (Å²) >= 11 is 3.42. The molecule has 0 atom stereocenters. The Hall–Kier alpha value is -1.95. The number of rotatable bonds is 3. The van der Waals surface area contributed by atoms with Gasteiger partial charge in [0, 0.05) is 16.2 Å². The van der Waals surface area contributed by atoms with Crippen molar-refractivity contribution in [2.75, 3.05) is 5.32 Å². The second kappa shape index (κ2) is 5.14. The average molecular weight is 308 g/mol. The third-order valence-corrected chi connectivity index (χ3v) is 3.28. The van der Waals surface area contributed by atoms with E-state index in [4.69, 9.17) is 0 Å². The number of aromatic nitrogens is 1. The number of anilines is 2. The highest BCUT2D eigenvalue weighted by Gasteiger charge is 2.05. The van der Waals surface area contributed by atoms with Crippen LogP contribution in [-0.4, -0.2) is 9.91 Å². The molecule has 0 aliphatic rings. The van der Waals surface area contributed by atoms with Crippen molar-refractivity contribution in [2.24, 2.45) is 0 Å². The predicted octanol–water partition coefficient (Wildman–Crippen LogP) is 3.80. The molecule has 1 N–H and O–H groups in total. The molecule has 0 unspecified atom stereocenters. The van der Waals surface area contributed by atoms with E-state index in [2.05, 4.69) is 26.2 Å². The Labute approximate surface area is 112 Å². The maximum absolute atomic E-state index is 10.5. The van der Waals surface area contributed by atoms with E-state index in [1.807, 2.05) is 25.1 Å². The fraction of sp³-hybridized carbons (Fsp3) is 0.0833. The second-order valence-electron chi connectivity index (χ2n) is 3.75. The largest absolute Gasteiger partial charge is 0.340 e. The number of hydrogen-bond donors (Lipinski definition) is 1. The van der Waals surface area contributed by atoms with Crippen molar-refractivity contribution >= 4 is 33.1 Å². The lowest BCUT2D eigenvalue weighted by atomic mass is 10.2. The lowest BCUT2D eigenvalue weighted by molar-refractivity contribution is -0.385. The molecule has 0 radical (unpaired) electrons. The average Bonchev–Trinajstić information content (AvgIpc) is 2.34. The zero-order valence-corrected chi connectivity index (χ0v) is 11.1. The third-order valence-electron chi connectivity index (χ3n) is 2.39. The van der Waals surface area contributed by atoms with E-state index in [1.54, 1.807) is 6.07 Å². The number of benzene rings is 1. The molecule has 0 aliphatic carbocycles. The number of aryl methyl sites for hydroxylation is 1. The molecule has 0 spiro atoms. The van der Waals surface area contributed by atoms with Gasteiger partial charge in [0.25, 0.3) is 5.69 Å². The molecule has 5 nitrogen and oxygen atoms in total. The molecule has 1 heterocycles. The minimum atomic E-state index is -0.472. The molecule has 1 aromatic carbocycles. The summed E-state index contributed by atoms with van der Waals surface area (Å²) in [5, 5.41) is 13.6. The van der Waals surface area contributed by atoms with Gasteiger partial charge in [-0.1, -0.05) is 15.9 Å². The summed E-state index contributed by atoms with van der Waals surface area (Å²) in [6.07, 6.45) is 1.23. The summed E-state index contributed by atoms with van der Waals surface area (Å²) in [6.45, 7) is 1.98. The highest BCUT2D eigenvalue weighted by Crippen LogP contribution is 2.22. The van der Waals surface area contributed by atoms with Crippen LogP contribution < -0.4 is 5.32 Å². The van der Waals surface area contributed by atoms with E-state index in [0.29, 0.717) is 5.82 Å². The molecule has 6 heteroatoms. The molecular weight excluding hydrogens is 298 g/mol. The van der Waals surface area contributed by atoms with Gasteiger partial charge in [-0.25, -0.2) is 4.98 Å². The summed E-state index contributed by atoms with van der Waals surface area (Å²) in [5.74, 6) is 0.572. The van der Waals surface area contributed by atoms with Gasteiger partial charge in [0.05, 0.1) is 4.92 Å². The number of halogens is 1. The minimum Gasteiger partial charge on any atom is -0.340 e. The van der Waals surface area contributed by atoms with Gasteiger partial charge >= 0.3 is 0 Å². The Kier molecular flexibility index (Phi) is 3.57. The first-order chi connectivity index (χ1) is 8.56. The third kappa shape index (κ3) is 2.84. The van der Waals surface area contributed by atoms with Crippen LogP contribution in [0, 0.1) is 17.0 Å². The molecule has 18 heavy (non-hydrogen) atoms. The van der Waals surface area contributed by atoms with Crippen molar-refractivity contribution in [1.82, 2.24) is 4.98 Å². The second-order valence-corrected chi connectivity index (χ2v) is 4.60. The molecule has 0 amide bonds. The molecule has 0 saturated heterocycles. The lowest BCUT2D eigenvalue weighted by Gasteiger charge is -2.07. The number of nitrogens with zero attached hydrogens (tertiary/aromatic N) is 2. The normalized spacial score (nSPS) is 10.1. The first-order valence-corrected chi connectivity index (χ1v) is 5.99. The fourth-order valence-corrected chi connectivity index (χ4v) is 1.68. The van der Waals surface area contributed by atoms with Crippen LogP contribution in [0.1, 0.15) is 5.56 Å². The van der Waals surface area contributed by atoms with Crippen LogP contribution in [0.15, 0.2) is 41.0 Å². The van der Waals surface area contributed by atoms with Gasteiger partial charge in [0.1, 0.15) is 12.0 Å². The van der Waals surface area contributed by atoms with Crippen molar-refractivity contribution in [3.8, 4) is 0 Å². The topological polar surface area (TPSA) is 68.1 Å². The Morgan fingerprint density at radius 2 is 2.11 bits per heavy atom. The predicted molar refractivity (Wildman–Crippen MR) is 73.1 cm³/mol. The van der Waals surface area contributed by atoms with Gasteiger partial charge in [-0.15, -0.1) is 0 Å². The van der Waals surface area contributed by atoms with Crippen molar-refractivity contribution in [1.29, 1.82) is 0 Å². The number of nitrogens with one attached hydrogen (secondary N) is 1. The van der Waals surface area contributed by atoms with Gasteiger partial charge in [-0.3, -0.25) is 10.1 Å². The highest BCUT2D eigenvalue weighted by atomic mass is 79.9. The summed E-state index contributed by atoms with van der Waals surface area (Å²) in [4.78, 5) is 14.0. The van der Waals surface area contributed by atoms with Gasteiger partial charge in [0.2, 0.25) is 0 Å². The molecule has 0 fully saturated rings. The van der Waals surface area contributed by atoms with Gasteiger partial charge in [0.15, 0.2) is 0 Å². The number of nitro groups is 1. The van der Waals surface area contributed by atoms with Crippen molar-refractivity contribution in [3.05, 3.63) is 56.7 Å². The van der Waals surface area contributed by atoms with Crippen LogP contribution in [-0.2, 0) is 0 Å². The summed E-state index contributed by atoms with van der Waals surface area (Å²) in [5.41, 5.74) is 1.96. The Balaban J connectivity index is 2.18. The summed E-state index contributed by atoms with van der Waals surface area (Å²) < 4.78 is 1.03. The van der Waals surface area contributed by atoms with Crippen molar-refractivity contribution < 1.29 is 4.92 Å². The zero-order chi connectivity index (χ0) is 13.1. The van der Waals surface area contributed by atoms with E-state index >= 15 is 0 Å². The standard InChI is InChI=1S/C12H10BrN3O2/c1-8-6-9(2-4-11(8)13)15-12-5-3-10(7-14-12)16(17)18/h2-7H,1H3,(H,14,15). The van der Waals surface area contributed by atoms with Crippen LogP contribution in [0.5, 0.6) is 0 Å². The lowest BCUT2D eigenvalue weighted by Crippen LogP contribution is -1.95. The van der Waals surface area contributed by atoms with Crippen LogP contribution >= 0.6 is 15.9 Å². The molecule has 2 aromatic rings.